The van der Waals surface area contributed by atoms with Crippen molar-refractivity contribution in [1.29, 1.82) is 0 Å². The molecule has 0 aliphatic carbocycles. The molecule has 0 aliphatic rings. The molecule has 0 amide bonds. The lowest BCUT2D eigenvalue weighted by Crippen LogP contribution is -2.11. The molecular weight excluding hydrogens is 288 g/mol. The van der Waals surface area contributed by atoms with E-state index < -0.39 is 10.0 Å². The fourth-order valence-corrected chi connectivity index (χ4v) is 1.74. The molecule has 0 radical (unpaired) electrons. The van der Waals surface area contributed by atoms with E-state index in [1.807, 2.05) is 0 Å². The lowest BCUT2D eigenvalue weighted by Gasteiger charge is -1.96. The van der Waals surface area contributed by atoms with Gasteiger partial charge in [-0.05, 0) is 48.5 Å². The molecule has 0 aliphatic heterocycles. The number of benzene rings is 2. The van der Waals surface area contributed by atoms with E-state index in [0.717, 1.165) is 0 Å². The Morgan fingerprint density at radius 3 is 1.79 bits per heavy atom. The van der Waals surface area contributed by atoms with Crippen LogP contribution in [-0.2, 0) is 10.0 Å². The summed E-state index contributed by atoms with van der Waals surface area (Å²) >= 11 is 5.50. The third kappa shape index (κ3) is 5.60. The number of nitrogen functional groups attached to an aromatic ring is 1. The number of phenols is 1. The molecule has 0 unspecified atom stereocenters. The highest BCUT2D eigenvalue weighted by Gasteiger charge is 2.04. The normalized spacial score (nSPS) is 10.4. The molecule has 2 rings (SSSR count). The van der Waals surface area contributed by atoms with Gasteiger partial charge in [-0.2, -0.15) is 0 Å². The zero-order valence-corrected chi connectivity index (χ0v) is 11.4. The van der Waals surface area contributed by atoms with Crippen molar-refractivity contribution in [2.24, 2.45) is 5.14 Å². The molecule has 5 N–H and O–H groups in total. The van der Waals surface area contributed by atoms with Gasteiger partial charge < -0.3 is 10.8 Å². The Kier molecular flexibility index (Phi) is 5.17. The van der Waals surface area contributed by atoms with Crippen molar-refractivity contribution >= 4 is 27.3 Å². The van der Waals surface area contributed by atoms with E-state index in [1.54, 1.807) is 24.3 Å². The first-order valence-corrected chi connectivity index (χ1v) is 7.04. The van der Waals surface area contributed by atoms with Crippen LogP contribution in [0.3, 0.4) is 0 Å². The number of aromatic hydroxyl groups is 1. The number of halogens is 1. The lowest BCUT2D eigenvalue weighted by atomic mass is 10.3. The first-order valence-electron chi connectivity index (χ1n) is 5.12. The number of hydrogen-bond acceptors (Lipinski definition) is 4. The van der Waals surface area contributed by atoms with Crippen molar-refractivity contribution in [3.63, 3.8) is 0 Å². The second-order valence-corrected chi connectivity index (χ2v) is 5.59. The van der Waals surface area contributed by atoms with Gasteiger partial charge in [-0.15, -0.1) is 0 Å². The maximum atomic E-state index is 10.7. The second kappa shape index (κ2) is 6.42. The summed E-state index contributed by atoms with van der Waals surface area (Å²) in [5, 5.41) is 14.2. The third-order valence-electron chi connectivity index (χ3n) is 2.04. The van der Waals surface area contributed by atoms with Crippen LogP contribution in [0.25, 0.3) is 0 Å². The van der Waals surface area contributed by atoms with Gasteiger partial charge in [0.05, 0.1) is 4.90 Å². The van der Waals surface area contributed by atoms with E-state index >= 15 is 0 Å². The van der Waals surface area contributed by atoms with Crippen LogP contribution >= 0.6 is 11.6 Å². The van der Waals surface area contributed by atoms with Crippen LogP contribution in [-0.4, -0.2) is 13.5 Å². The Bertz CT molecular complexity index is 604. The Morgan fingerprint density at radius 2 is 1.42 bits per heavy atom. The standard InChI is InChI=1S/C6H5ClO.C6H8N2O2S/c7-5-1-3-6(8)4-2-5;7-5-1-3-6(4-2-5)11(8,9)10/h1-4,8H;1-4H,7H2,(H2,8,9,10). The van der Waals surface area contributed by atoms with E-state index in [2.05, 4.69) is 0 Å². The summed E-state index contributed by atoms with van der Waals surface area (Å²) in [5.41, 5.74) is 5.85. The minimum Gasteiger partial charge on any atom is -0.508 e. The predicted molar refractivity (Wildman–Crippen MR) is 75.3 cm³/mol. The Hall–Kier alpha value is -1.76. The summed E-state index contributed by atoms with van der Waals surface area (Å²) in [5.74, 6) is 0.245. The molecule has 0 heterocycles. The van der Waals surface area contributed by atoms with Gasteiger partial charge in [0, 0.05) is 10.7 Å². The van der Waals surface area contributed by atoms with Crippen molar-refractivity contribution in [3.05, 3.63) is 53.6 Å². The molecule has 0 fully saturated rings. The van der Waals surface area contributed by atoms with Gasteiger partial charge in [0.1, 0.15) is 5.75 Å². The van der Waals surface area contributed by atoms with Crippen LogP contribution in [0.5, 0.6) is 5.75 Å². The third-order valence-corrected chi connectivity index (χ3v) is 3.22. The van der Waals surface area contributed by atoms with Crippen molar-refractivity contribution in [2.75, 3.05) is 5.73 Å². The fraction of sp³-hybridized carbons (Fsp3) is 0. The minimum atomic E-state index is -3.58. The molecule has 5 nitrogen and oxygen atoms in total. The fourth-order valence-electron chi connectivity index (χ4n) is 1.10. The average molecular weight is 301 g/mol. The zero-order valence-electron chi connectivity index (χ0n) is 9.82. The molecule has 102 valence electrons. The monoisotopic (exact) mass is 300 g/mol. The number of phenolic OH excluding ortho intramolecular Hbond substituents is 1. The molecule has 0 aromatic heterocycles. The molecule has 0 saturated heterocycles. The van der Waals surface area contributed by atoms with Crippen LogP contribution in [0.4, 0.5) is 5.69 Å². The Labute approximate surface area is 116 Å². The largest absolute Gasteiger partial charge is 0.508 e. The van der Waals surface area contributed by atoms with E-state index in [4.69, 9.17) is 27.6 Å². The van der Waals surface area contributed by atoms with Gasteiger partial charge in [0.2, 0.25) is 10.0 Å². The highest BCUT2D eigenvalue weighted by atomic mass is 35.5. The molecule has 2 aromatic carbocycles. The Morgan fingerprint density at radius 1 is 0.947 bits per heavy atom. The van der Waals surface area contributed by atoms with Crippen LogP contribution in [0, 0.1) is 0 Å². The molecular formula is C12H13ClN2O3S. The van der Waals surface area contributed by atoms with Crippen molar-refractivity contribution < 1.29 is 13.5 Å². The maximum absolute atomic E-state index is 10.7. The van der Waals surface area contributed by atoms with Gasteiger partial charge in [-0.1, -0.05) is 11.6 Å². The first-order chi connectivity index (χ1) is 8.79. The number of hydrogen-bond donors (Lipinski definition) is 3. The molecule has 0 atom stereocenters. The van der Waals surface area contributed by atoms with Gasteiger partial charge >= 0.3 is 0 Å². The Balaban J connectivity index is 0.000000200. The number of rotatable bonds is 1. The minimum absolute atomic E-state index is 0.0756. The lowest BCUT2D eigenvalue weighted by molar-refractivity contribution is 0.475. The van der Waals surface area contributed by atoms with Crippen LogP contribution < -0.4 is 10.9 Å². The quantitative estimate of drug-likeness (QED) is 0.700. The smallest absolute Gasteiger partial charge is 0.238 e. The highest BCUT2D eigenvalue weighted by Crippen LogP contribution is 2.12. The van der Waals surface area contributed by atoms with Crippen molar-refractivity contribution in [3.8, 4) is 5.75 Å². The van der Waals surface area contributed by atoms with Gasteiger partial charge in [0.15, 0.2) is 0 Å². The van der Waals surface area contributed by atoms with Crippen molar-refractivity contribution in [2.45, 2.75) is 4.90 Å². The van der Waals surface area contributed by atoms with Crippen LogP contribution in [0.1, 0.15) is 0 Å². The maximum Gasteiger partial charge on any atom is 0.238 e. The predicted octanol–water partition coefficient (Wildman–Crippen LogP) is 1.96. The molecule has 19 heavy (non-hydrogen) atoms. The second-order valence-electron chi connectivity index (χ2n) is 3.59. The number of nitrogens with two attached hydrogens (primary N) is 2. The van der Waals surface area contributed by atoms with E-state index in [1.165, 1.54) is 24.3 Å². The molecule has 0 bridgehead atoms. The van der Waals surface area contributed by atoms with Gasteiger partial charge in [-0.25, -0.2) is 13.6 Å². The molecule has 0 saturated carbocycles. The first kappa shape index (κ1) is 15.3. The topological polar surface area (TPSA) is 106 Å². The van der Waals surface area contributed by atoms with Gasteiger partial charge in [0.25, 0.3) is 0 Å². The molecule has 7 heteroatoms. The van der Waals surface area contributed by atoms with Crippen molar-refractivity contribution in [1.82, 2.24) is 0 Å². The summed E-state index contributed by atoms with van der Waals surface area (Å²) in [4.78, 5) is 0.0756. The number of primary sulfonamides is 1. The van der Waals surface area contributed by atoms with Gasteiger partial charge in [-0.3, -0.25) is 0 Å². The highest BCUT2D eigenvalue weighted by molar-refractivity contribution is 7.89. The average Bonchev–Trinajstić information content (AvgIpc) is 2.33. The summed E-state index contributed by atoms with van der Waals surface area (Å²) in [6.45, 7) is 0. The summed E-state index contributed by atoms with van der Waals surface area (Å²) in [6.07, 6.45) is 0. The van der Waals surface area contributed by atoms with E-state index in [0.29, 0.717) is 10.7 Å². The van der Waals surface area contributed by atoms with Crippen LogP contribution in [0.2, 0.25) is 5.02 Å². The zero-order chi connectivity index (χ0) is 14.5. The number of sulfonamides is 1. The summed E-state index contributed by atoms with van der Waals surface area (Å²) in [7, 11) is -3.58. The SMILES string of the molecule is Nc1ccc(S(N)(=O)=O)cc1.Oc1ccc(Cl)cc1. The van der Waals surface area contributed by atoms with E-state index in [-0.39, 0.29) is 10.6 Å². The van der Waals surface area contributed by atoms with E-state index in [9.17, 15) is 8.42 Å². The number of anilines is 1. The summed E-state index contributed by atoms with van der Waals surface area (Å²) in [6, 6.07) is 12.1. The van der Waals surface area contributed by atoms with Crippen LogP contribution in [0.15, 0.2) is 53.4 Å². The molecule has 2 aromatic rings. The summed E-state index contributed by atoms with van der Waals surface area (Å²) < 4.78 is 21.4. The molecule has 0 spiro atoms.